The van der Waals surface area contributed by atoms with Crippen LogP contribution in [0.25, 0.3) is 0 Å². The summed E-state index contributed by atoms with van der Waals surface area (Å²) in [6.45, 7) is 7.22. The zero-order valence-electron chi connectivity index (χ0n) is 12.4. The van der Waals surface area contributed by atoms with E-state index < -0.39 is 0 Å². The first-order valence-electron chi connectivity index (χ1n) is 7.50. The number of nitrogens with zero attached hydrogens (tertiary/aromatic N) is 1. The van der Waals surface area contributed by atoms with Gasteiger partial charge in [0.2, 0.25) is 5.91 Å². The van der Waals surface area contributed by atoms with Gasteiger partial charge in [0.05, 0.1) is 5.92 Å². The third-order valence-corrected chi connectivity index (χ3v) is 4.31. The number of carbonyl (C=O) groups excluding carboxylic acids is 1. The molecule has 0 aromatic carbocycles. The van der Waals surface area contributed by atoms with Crippen LogP contribution in [0.3, 0.4) is 0 Å². The van der Waals surface area contributed by atoms with Gasteiger partial charge < -0.3 is 10.6 Å². The Bertz CT molecular complexity index is 273. The van der Waals surface area contributed by atoms with Gasteiger partial charge in [0.15, 0.2) is 0 Å². The van der Waals surface area contributed by atoms with Crippen LogP contribution in [-0.2, 0) is 4.79 Å². The van der Waals surface area contributed by atoms with Crippen molar-refractivity contribution in [3.05, 3.63) is 0 Å². The Hall–Kier alpha value is -0.0300. The fraction of sp³-hybridized carbons (Fsp3) is 0.929. The normalized spacial score (nSPS) is 27.1. The van der Waals surface area contributed by atoms with E-state index in [1.54, 1.807) is 0 Å². The third-order valence-electron chi connectivity index (χ3n) is 4.31. The zero-order chi connectivity index (χ0) is 12.8. The van der Waals surface area contributed by atoms with Crippen molar-refractivity contribution in [2.75, 3.05) is 32.7 Å². The van der Waals surface area contributed by atoms with Crippen LogP contribution in [0, 0.1) is 5.92 Å². The monoisotopic (exact) mass is 325 g/mol. The number of hydrogen-bond donors (Lipinski definition) is 2. The van der Waals surface area contributed by atoms with E-state index in [0.29, 0.717) is 6.04 Å². The van der Waals surface area contributed by atoms with Gasteiger partial charge in [-0.3, -0.25) is 9.69 Å². The van der Waals surface area contributed by atoms with E-state index in [4.69, 9.17) is 0 Å². The molecule has 20 heavy (non-hydrogen) atoms. The number of rotatable bonds is 4. The van der Waals surface area contributed by atoms with Crippen LogP contribution in [0.5, 0.6) is 0 Å². The molecule has 2 fully saturated rings. The molecule has 0 aliphatic carbocycles. The maximum absolute atomic E-state index is 12.0. The second-order valence-corrected chi connectivity index (χ2v) is 5.72. The summed E-state index contributed by atoms with van der Waals surface area (Å²) in [5.41, 5.74) is 0. The first-order chi connectivity index (χ1) is 8.77. The van der Waals surface area contributed by atoms with Crippen LogP contribution in [-0.4, -0.2) is 49.6 Å². The highest BCUT2D eigenvalue weighted by molar-refractivity contribution is 5.85. The van der Waals surface area contributed by atoms with Crippen LogP contribution in [0.2, 0.25) is 0 Å². The van der Waals surface area contributed by atoms with Gasteiger partial charge in [-0.25, -0.2) is 0 Å². The molecule has 4 nitrogen and oxygen atoms in total. The smallest absolute Gasteiger partial charge is 0.224 e. The van der Waals surface area contributed by atoms with Gasteiger partial charge >= 0.3 is 0 Å². The summed E-state index contributed by atoms with van der Waals surface area (Å²) < 4.78 is 0. The molecular formula is C14H29Cl2N3O. The van der Waals surface area contributed by atoms with Gasteiger partial charge in [-0.1, -0.05) is 6.42 Å². The highest BCUT2D eigenvalue weighted by Gasteiger charge is 2.21. The number of amides is 1. The minimum Gasteiger partial charge on any atom is -0.355 e. The fourth-order valence-corrected chi connectivity index (χ4v) is 3.03. The van der Waals surface area contributed by atoms with E-state index in [1.165, 1.54) is 25.8 Å². The number of likely N-dealkylation sites (tertiary alicyclic amines) is 1. The lowest BCUT2D eigenvalue weighted by Crippen LogP contribution is -2.45. The average molecular weight is 326 g/mol. The van der Waals surface area contributed by atoms with Crippen LogP contribution in [0.4, 0.5) is 0 Å². The number of hydrogen-bond acceptors (Lipinski definition) is 3. The molecule has 2 aliphatic rings. The molecule has 120 valence electrons. The summed E-state index contributed by atoms with van der Waals surface area (Å²) in [6, 6.07) is 0.687. The van der Waals surface area contributed by atoms with E-state index in [2.05, 4.69) is 22.5 Å². The average Bonchev–Trinajstić information content (AvgIpc) is 2.42. The molecule has 0 saturated carbocycles. The van der Waals surface area contributed by atoms with Crippen molar-refractivity contribution in [2.24, 2.45) is 5.92 Å². The molecule has 1 amide bonds. The van der Waals surface area contributed by atoms with Gasteiger partial charge in [0, 0.05) is 25.7 Å². The SMILES string of the molecule is CC1CCCCN1CCNC(=O)C1CCCNC1.Cl.Cl. The van der Waals surface area contributed by atoms with E-state index in [-0.39, 0.29) is 36.6 Å². The summed E-state index contributed by atoms with van der Waals surface area (Å²) in [5.74, 6) is 0.435. The number of carbonyl (C=O) groups is 1. The van der Waals surface area contributed by atoms with Crippen LogP contribution in [0.15, 0.2) is 0 Å². The maximum atomic E-state index is 12.0. The molecule has 0 aromatic heterocycles. The lowest BCUT2D eigenvalue weighted by molar-refractivity contribution is -0.125. The quantitative estimate of drug-likeness (QED) is 0.828. The highest BCUT2D eigenvalue weighted by atomic mass is 35.5. The van der Waals surface area contributed by atoms with Crippen LogP contribution >= 0.6 is 24.8 Å². The Balaban J connectivity index is 0.00000180. The van der Waals surface area contributed by atoms with Crippen molar-refractivity contribution >= 4 is 30.7 Å². The van der Waals surface area contributed by atoms with E-state index >= 15 is 0 Å². The fourth-order valence-electron chi connectivity index (χ4n) is 3.03. The molecule has 0 bridgehead atoms. The maximum Gasteiger partial charge on any atom is 0.224 e. The summed E-state index contributed by atoms with van der Waals surface area (Å²) in [5, 5.41) is 6.39. The molecule has 6 heteroatoms. The Morgan fingerprint density at radius 1 is 1.25 bits per heavy atom. The molecule has 0 radical (unpaired) electrons. The van der Waals surface area contributed by atoms with Crippen molar-refractivity contribution in [1.29, 1.82) is 0 Å². The molecule has 2 unspecified atom stereocenters. The molecule has 2 N–H and O–H groups in total. The van der Waals surface area contributed by atoms with Gasteiger partial charge in [0.25, 0.3) is 0 Å². The van der Waals surface area contributed by atoms with E-state index in [9.17, 15) is 4.79 Å². The summed E-state index contributed by atoms with van der Waals surface area (Å²) >= 11 is 0. The van der Waals surface area contributed by atoms with Crippen molar-refractivity contribution in [3.63, 3.8) is 0 Å². The van der Waals surface area contributed by atoms with Gasteiger partial charge in [-0.15, -0.1) is 24.8 Å². The molecule has 2 heterocycles. The standard InChI is InChI=1S/C14H27N3O.2ClH/c1-12-5-2-3-9-17(12)10-8-16-14(18)13-6-4-7-15-11-13;;/h12-13,15H,2-11H2,1H3,(H,16,18);2*1H. The molecular weight excluding hydrogens is 297 g/mol. The summed E-state index contributed by atoms with van der Waals surface area (Å²) in [4.78, 5) is 14.5. The Labute approximate surface area is 135 Å². The van der Waals surface area contributed by atoms with Crippen molar-refractivity contribution < 1.29 is 4.79 Å². The van der Waals surface area contributed by atoms with Gasteiger partial charge in [0.1, 0.15) is 0 Å². The predicted molar refractivity (Wildman–Crippen MR) is 88.0 cm³/mol. The molecule has 2 saturated heterocycles. The van der Waals surface area contributed by atoms with E-state index in [0.717, 1.165) is 39.0 Å². The number of nitrogens with one attached hydrogen (secondary N) is 2. The number of halogens is 2. The largest absolute Gasteiger partial charge is 0.355 e. The van der Waals surface area contributed by atoms with Gasteiger partial charge in [-0.05, 0) is 45.7 Å². The molecule has 2 aliphatic heterocycles. The first kappa shape index (κ1) is 20.0. The van der Waals surface area contributed by atoms with Crippen molar-refractivity contribution in [2.45, 2.75) is 45.1 Å². The molecule has 0 aromatic rings. The highest BCUT2D eigenvalue weighted by Crippen LogP contribution is 2.15. The molecule has 2 atom stereocenters. The summed E-state index contributed by atoms with van der Waals surface area (Å²) in [7, 11) is 0. The van der Waals surface area contributed by atoms with Crippen molar-refractivity contribution in [1.82, 2.24) is 15.5 Å². The van der Waals surface area contributed by atoms with E-state index in [1.807, 2.05) is 0 Å². The Kier molecular flexibility index (Phi) is 10.6. The lowest BCUT2D eigenvalue weighted by atomic mass is 9.99. The molecule has 0 spiro atoms. The molecule has 2 rings (SSSR count). The predicted octanol–water partition coefficient (Wildman–Crippen LogP) is 1.82. The van der Waals surface area contributed by atoms with Crippen LogP contribution in [0.1, 0.15) is 39.0 Å². The minimum absolute atomic E-state index is 0. The van der Waals surface area contributed by atoms with Gasteiger partial charge in [-0.2, -0.15) is 0 Å². The second kappa shape index (κ2) is 10.7. The second-order valence-electron chi connectivity index (χ2n) is 5.72. The lowest BCUT2D eigenvalue weighted by Gasteiger charge is -2.33. The zero-order valence-corrected chi connectivity index (χ0v) is 14.0. The number of piperidine rings is 2. The minimum atomic E-state index is 0. The topological polar surface area (TPSA) is 44.4 Å². The van der Waals surface area contributed by atoms with Crippen molar-refractivity contribution in [3.8, 4) is 0 Å². The third kappa shape index (κ3) is 6.17. The Morgan fingerprint density at radius 2 is 2.05 bits per heavy atom. The summed E-state index contributed by atoms with van der Waals surface area (Å²) in [6.07, 6.45) is 6.14. The first-order valence-corrected chi connectivity index (χ1v) is 7.50. The van der Waals surface area contributed by atoms with Crippen LogP contribution < -0.4 is 10.6 Å². The Morgan fingerprint density at radius 3 is 2.70 bits per heavy atom.